The van der Waals surface area contributed by atoms with Crippen LogP contribution in [0.2, 0.25) is 0 Å². The van der Waals surface area contributed by atoms with Crippen LogP contribution in [0.1, 0.15) is 32.0 Å². The third-order valence-electron chi connectivity index (χ3n) is 3.29. The van der Waals surface area contributed by atoms with Crippen LogP contribution >= 0.6 is 0 Å². The first-order valence-electron chi connectivity index (χ1n) is 6.30. The molecule has 0 amide bonds. The summed E-state index contributed by atoms with van der Waals surface area (Å²) in [5, 5.41) is 9.52. The minimum Gasteiger partial charge on any atom is -0.393 e. The van der Waals surface area contributed by atoms with Crippen molar-refractivity contribution in [2.45, 2.75) is 38.7 Å². The Balaban J connectivity index is 2.06. The third kappa shape index (κ3) is 2.67. The minimum absolute atomic E-state index is 0.162. The Morgan fingerprint density at radius 2 is 2.12 bits per heavy atom. The van der Waals surface area contributed by atoms with Crippen molar-refractivity contribution in [1.82, 2.24) is 9.55 Å². The van der Waals surface area contributed by atoms with Gasteiger partial charge >= 0.3 is 0 Å². The largest absolute Gasteiger partial charge is 0.393 e. The molecule has 0 fully saturated rings. The van der Waals surface area contributed by atoms with Crippen LogP contribution in [0.25, 0.3) is 11.0 Å². The molecule has 0 saturated carbocycles. The van der Waals surface area contributed by atoms with Gasteiger partial charge in [0.05, 0.1) is 17.1 Å². The highest BCUT2D eigenvalue weighted by atomic mass is 16.3. The van der Waals surface area contributed by atoms with Gasteiger partial charge in [0.25, 0.3) is 0 Å². The molecule has 1 aromatic carbocycles. The van der Waals surface area contributed by atoms with Crippen molar-refractivity contribution in [2.75, 3.05) is 0 Å². The van der Waals surface area contributed by atoms with E-state index < -0.39 is 0 Å². The van der Waals surface area contributed by atoms with Crippen LogP contribution in [0.5, 0.6) is 0 Å². The summed E-state index contributed by atoms with van der Waals surface area (Å²) in [6.07, 6.45) is 3.46. The van der Waals surface area contributed by atoms with Gasteiger partial charge in [-0.25, -0.2) is 4.98 Å². The molecular weight excluding hydrogens is 212 g/mol. The van der Waals surface area contributed by atoms with Crippen LogP contribution < -0.4 is 0 Å². The summed E-state index contributed by atoms with van der Waals surface area (Å²) in [6.45, 7) is 2.01. The Morgan fingerprint density at radius 3 is 2.82 bits per heavy atom. The molecule has 0 radical (unpaired) electrons. The molecule has 1 unspecified atom stereocenters. The average Bonchev–Trinajstić information content (AvgIpc) is 2.67. The minimum atomic E-state index is -0.162. The highest BCUT2D eigenvalue weighted by Gasteiger charge is 2.07. The van der Waals surface area contributed by atoms with Gasteiger partial charge in [-0.2, -0.15) is 0 Å². The maximum Gasteiger partial charge on any atom is 0.109 e. The van der Waals surface area contributed by atoms with E-state index >= 15 is 0 Å². The first kappa shape index (κ1) is 12.1. The Hall–Kier alpha value is -1.35. The molecule has 3 heteroatoms. The third-order valence-corrected chi connectivity index (χ3v) is 3.29. The molecular formula is C14H20N2O. The molecule has 0 spiro atoms. The number of imidazole rings is 1. The first-order valence-corrected chi connectivity index (χ1v) is 6.30. The number of nitrogens with zero attached hydrogens (tertiary/aromatic N) is 2. The number of fused-ring (bicyclic) bond motifs is 1. The summed E-state index contributed by atoms with van der Waals surface area (Å²) in [4.78, 5) is 4.62. The number of hydrogen-bond acceptors (Lipinski definition) is 2. The van der Waals surface area contributed by atoms with Gasteiger partial charge < -0.3 is 9.67 Å². The van der Waals surface area contributed by atoms with Crippen LogP contribution in [0.15, 0.2) is 24.3 Å². The number of aliphatic hydroxyl groups excluding tert-OH is 1. The molecule has 92 valence electrons. The molecule has 1 aromatic heterocycles. The van der Waals surface area contributed by atoms with Gasteiger partial charge in [-0.1, -0.05) is 19.1 Å². The molecule has 0 aliphatic rings. The van der Waals surface area contributed by atoms with E-state index in [0.29, 0.717) is 0 Å². The summed E-state index contributed by atoms with van der Waals surface area (Å²) in [5.74, 6) is 1.11. The number of hydrogen-bond donors (Lipinski definition) is 1. The van der Waals surface area contributed by atoms with Gasteiger partial charge in [0, 0.05) is 13.5 Å². The zero-order valence-corrected chi connectivity index (χ0v) is 10.6. The second-order valence-electron chi connectivity index (χ2n) is 4.53. The molecule has 1 heterocycles. The number of aromatic nitrogens is 2. The molecule has 0 saturated heterocycles. The normalized spacial score (nSPS) is 13.1. The lowest BCUT2D eigenvalue weighted by Crippen LogP contribution is -2.06. The van der Waals surface area contributed by atoms with Crippen molar-refractivity contribution in [3.63, 3.8) is 0 Å². The van der Waals surface area contributed by atoms with Crippen molar-refractivity contribution in [2.24, 2.45) is 7.05 Å². The van der Waals surface area contributed by atoms with Crippen molar-refractivity contribution in [1.29, 1.82) is 0 Å². The van der Waals surface area contributed by atoms with E-state index in [1.807, 2.05) is 25.1 Å². The lowest BCUT2D eigenvalue weighted by Gasteiger charge is -2.06. The maximum atomic E-state index is 9.52. The standard InChI is InChI=1S/C14H20N2O/c1-3-11(17)7-6-10-14-15-12-8-4-5-9-13(12)16(14)2/h4-5,8-9,11,17H,3,6-7,10H2,1-2H3. The predicted octanol–water partition coefficient (Wildman–Crippen LogP) is 2.67. The van der Waals surface area contributed by atoms with E-state index in [-0.39, 0.29) is 6.10 Å². The fraction of sp³-hybridized carbons (Fsp3) is 0.500. The molecule has 0 bridgehead atoms. The second kappa shape index (κ2) is 5.32. The van der Waals surface area contributed by atoms with Crippen molar-refractivity contribution in [3.8, 4) is 0 Å². The maximum absolute atomic E-state index is 9.52. The lowest BCUT2D eigenvalue weighted by molar-refractivity contribution is 0.157. The van der Waals surface area contributed by atoms with Crippen LogP contribution in [0.4, 0.5) is 0 Å². The first-order chi connectivity index (χ1) is 8.22. The van der Waals surface area contributed by atoms with Gasteiger partial charge in [-0.15, -0.1) is 0 Å². The van der Waals surface area contributed by atoms with Gasteiger partial charge in [0.1, 0.15) is 5.82 Å². The SMILES string of the molecule is CCC(O)CCCc1nc2ccccc2n1C. The second-order valence-corrected chi connectivity index (χ2v) is 4.53. The van der Waals surface area contributed by atoms with Crippen LogP contribution in [-0.4, -0.2) is 20.8 Å². The molecule has 1 atom stereocenters. The van der Waals surface area contributed by atoms with E-state index in [4.69, 9.17) is 0 Å². The van der Waals surface area contributed by atoms with Crippen LogP contribution in [0.3, 0.4) is 0 Å². The Labute approximate surface area is 102 Å². The van der Waals surface area contributed by atoms with E-state index in [9.17, 15) is 5.11 Å². The number of benzene rings is 1. The summed E-state index contributed by atoms with van der Waals surface area (Å²) in [6, 6.07) is 8.18. The number of para-hydroxylation sites is 2. The van der Waals surface area contributed by atoms with Crippen molar-refractivity contribution in [3.05, 3.63) is 30.1 Å². The zero-order chi connectivity index (χ0) is 12.3. The van der Waals surface area contributed by atoms with Gasteiger partial charge in [-0.3, -0.25) is 0 Å². The molecule has 17 heavy (non-hydrogen) atoms. The summed E-state index contributed by atoms with van der Waals surface area (Å²) >= 11 is 0. The molecule has 2 aromatic rings. The zero-order valence-electron chi connectivity index (χ0n) is 10.6. The molecule has 1 N–H and O–H groups in total. The fourth-order valence-corrected chi connectivity index (χ4v) is 2.12. The topological polar surface area (TPSA) is 38.1 Å². The van der Waals surface area contributed by atoms with Crippen molar-refractivity contribution < 1.29 is 5.11 Å². The van der Waals surface area contributed by atoms with E-state index in [1.165, 1.54) is 5.52 Å². The quantitative estimate of drug-likeness (QED) is 0.860. The van der Waals surface area contributed by atoms with Crippen LogP contribution in [-0.2, 0) is 13.5 Å². The van der Waals surface area contributed by atoms with Gasteiger partial charge in [0.2, 0.25) is 0 Å². The van der Waals surface area contributed by atoms with Gasteiger partial charge in [-0.05, 0) is 31.4 Å². The highest BCUT2D eigenvalue weighted by molar-refractivity contribution is 5.75. The molecule has 0 aliphatic heterocycles. The lowest BCUT2D eigenvalue weighted by atomic mass is 10.1. The Morgan fingerprint density at radius 1 is 1.35 bits per heavy atom. The smallest absolute Gasteiger partial charge is 0.109 e. The predicted molar refractivity (Wildman–Crippen MR) is 69.9 cm³/mol. The molecule has 3 nitrogen and oxygen atoms in total. The average molecular weight is 232 g/mol. The fourth-order valence-electron chi connectivity index (χ4n) is 2.12. The van der Waals surface area contributed by atoms with Crippen LogP contribution in [0, 0.1) is 0 Å². The van der Waals surface area contributed by atoms with Gasteiger partial charge in [0.15, 0.2) is 0 Å². The summed E-state index contributed by atoms with van der Waals surface area (Å²) in [7, 11) is 2.06. The van der Waals surface area contributed by atoms with E-state index in [2.05, 4.69) is 22.7 Å². The summed E-state index contributed by atoms with van der Waals surface area (Å²) in [5.41, 5.74) is 2.24. The number of aryl methyl sites for hydroxylation is 2. The van der Waals surface area contributed by atoms with E-state index in [1.54, 1.807) is 0 Å². The molecule has 2 rings (SSSR count). The molecule has 0 aliphatic carbocycles. The summed E-state index contributed by atoms with van der Waals surface area (Å²) < 4.78 is 2.15. The monoisotopic (exact) mass is 232 g/mol. The number of rotatable bonds is 5. The highest BCUT2D eigenvalue weighted by Crippen LogP contribution is 2.16. The Kier molecular flexibility index (Phi) is 3.79. The Bertz CT molecular complexity index is 490. The van der Waals surface area contributed by atoms with E-state index in [0.717, 1.165) is 37.0 Å². The van der Waals surface area contributed by atoms with Crippen molar-refractivity contribution >= 4 is 11.0 Å². The number of aliphatic hydroxyl groups is 1.